The third-order valence-electron chi connectivity index (χ3n) is 4.45. The standard InChI is InChI=1S/C22H34O6/c1-2-3-4-5-6-7-8-9-10-11-17(23)12-14-20-19(25)16-21(28-20)18(24)13-15-22(26)27/h3-4,6-7,9-10,12,14,17-21,23-25H,2,5,8,11,13,15-16H2,1H3,(H,26,27)/b4-3-,7-6-,10-9-,14-12+/t17-,18-,19-,20-,21+/m1/s1. The molecule has 0 aromatic rings. The van der Waals surface area contributed by atoms with E-state index in [2.05, 4.69) is 31.2 Å². The average molecular weight is 395 g/mol. The number of hydrogen-bond donors (Lipinski definition) is 4. The largest absolute Gasteiger partial charge is 0.481 e. The zero-order valence-electron chi connectivity index (χ0n) is 16.6. The topological polar surface area (TPSA) is 107 Å². The number of carbonyl (C=O) groups is 1. The van der Waals surface area contributed by atoms with Crippen LogP contribution in [0.25, 0.3) is 0 Å². The van der Waals surface area contributed by atoms with Gasteiger partial charge in [0, 0.05) is 12.8 Å². The molecule has 1 aliphatic heterocycles. The number of aliphatic hydroxyl groups excluding tert-OH is 3. The minimum Gasteiger partial charge on any atom is -0.481 e. The van der Waals surface area contributed by atoms with E-state index in [0.717, 1.165) is 19.3 Å². The van der Waals surface area contributed by atoms with Gasteiger partial charge in [0.2, 0.25) is 0 Å². The molecule has 6 nitrogen and oxygen atoms in total. The van der Waals surface area contributed by atoms with Crippen molar-refractivity contribution in [2.45, 2.75) is 82.4 Å². The molecule has 0 bridgehead atoms. The van der Waals surface area contributed by atoms with E-state index in [4.69, 9.17) is 9.84 Å². The zero-order valence-corrected chi connectivity index (χ0v) is 16.6. The van der Waals surface area contributed by atoms with Crippen molar-refractivity contribution in [2.24, 2.45) is 0 Å². The van der Waals surface area contributed by atoms with Crippen LogP contribution in [0.15, 0.2) is 48.6 Å². The van der Waals surface area contributed by atoms with E-state index in [0.29, 0.717) is 6.42 Å². The first-order chi connectivity index (χ1) is 13.4. The van der Waals surface area contributed by atoms with Crippen molar-refractivity contribution in [2.75, 3.05) is 0 Å². The molecule has 0 amide bonds. The van der Waals surface area contributed by atoms with Gasteiger partial charge in [-0.05, 0) is 32.1 Å². The molecule has 0 saturated carbocycles. The highest BCUT2D eigenvalue weighted by Crippen LogP contribution is 2.25. The first-order valence-corrected chi connectivity index (χ1v) is 9.98. The van der Waals surface area contributed by atoms with Crippen molar-refractivity contribution >= 4 is 5.97 Å². The van der Waals surface area contributed by atoms with Gasteiger partial charge in [0.1, 0.15) is 6.10 Å². The maximum Gasteiger partial charge on any atom is 0.303 e. The van der Waals surface area contributed by atoms with E-state index in [9.17, 15) is 20.1 Å². The van der Waals surface area contributed by atoms with E-state index >= 15 is 0 Å². The van der Waals surface area contributed by atoms with Crippen molar-refractivity contribution in [1.29, 1.82) is 0 Å². The van der Waals surface area contributed by atoms with Gasteiger partial charge in [-0.3, -0.25) is 4.79 Å². The Balaban J connectivity index is 2.29. The van der Waals surface area contributed by atoms with E-state index < -0.39 is 36.5 Å². The molecule has 1 rings (SSSR count). The summed E-state index contributed by atoms with van der Waals surface area (Å²) in [4.78, 5) is 10.6. The number of carboxylic acids is 1. The van der Waals surface area contributed by atoms with Gasteiger partial charge in [-0.25, -0.2) is 0 Å². The van der Waals surface area contributed by atoms with Gasteiger partial charge in [0.15, 0.2) is 0 Å². The summed E-state index contributed by atoms with van der Waals surface area (Å²) in [6.45, 7) is 2.10. The van der Waals surface area contributed by atoms with Gasteiger partial charge >= 0.3 is 5.97 Å². The van der Waals surface area contributed by atoms with E-state index in [-0.39, 0.29) is 19.3 Å². The van der Waals surface area contributed by atoms with Crippen LogP contribution in [0, 0.1) is 0 Å². The third-order valence-corrected chi connectivity index (χ3v) is 4.45. The van der Waals surface area contributed by atoms with Gasteiger partial charge in [0.05, 0.1) is 24.4 Å². The summed E-state index contributed by atoms with van der Waals surface area (Å²) in [5, 5.41) is 38.7. The molecule has 158 valence electrons. The minimum absolute atomic E-state index is 0.0832. The predicted octanol–water partition coefficient (Wildman–Crippen LogP) is 2.90. The lowest BCUT2D eigenvalue weighted by molar-refractivity contribution is -0.138. The Kier molecular flexibility index (Phi) is 12.4. The van der Waals surface area contributed by atoms with Crippen molar-refractivity contribution in [1.82, 2.24) is 0 Å². The molecule has 0 radical (unpaired) electrons. The second kappa shape index (κ2) is 14.3. The summed E-state index contributed by atoms with van der Waals surface area (Å²) >= 11 is 0. The fourth-order valence-electron chi connectivity index (χ4n) is 2.86. The van der Waals surface area contributed by atoms with Crippen LogP contribution in [-0.4, -0.2) is 56.9 Å². The highest BCUT2D eigenvalue weighted by Gasteiger charge is 2.36. The second-order valence-corrected chi connectivity index (χ2v) is 6.92. The molecule has 0 aromatic carbocycles. The molecule has 1 saturated heterocycles. The monoisotopic (exact) mass is 394 g/mol. The number of rotatable bonds is 13. The molecule has 0 aromatic heterocycles. The van der Waals surface area contributed by atoms with Crippen LogP contribution in [0.3, 0.4) is 0 Å². The minimum atomic E-state index is -0.978. The summed E-state index contributed by atoms with van der Waals surface area (Å²) in [5.74, 6) is -0.978. The van der Waals surface area contributed by atoms with Gasteiger partial charge in [-0.15, -0.1) is 0 Å². The number of ether oxygens (including phenoxy) is 1. The van der Waals surface area contributed by atoms with Crippen LogP contribution < -0.4 is 0 Å². The normalized spacial score (nSPS) is 25.5. The molecule has 6 heteroatoms. The maximum absolute atomic E-state index is 10.6. The Labute approximate surface area is 167 Å². The fraction of sp³-hybridized carbons (Fsp3) is 0.591. The second-order valence-electron chi connectivity index (χ2n) is 6.92. The lowest BCUT2D eigenvalue weighted by Gasteiger charge is -2.17. The van der Waals surface area contributed by atoms with Gasteiger partial charge < -0.3 is 25.2 Å². The van der Waals surface area contributed by atoms with E-state index in [1.54, 1.807) is 12.2 Å². The molecule has 1 fully saturated rings. The van der Waals surface area contributed by atoms with E-state index in [1.807, 2.05) is 12.2 Å². The molecule has 28 heavy (non-hydrogen) atoms. The lowest BCUT2D eigenvalue weighted by Crippen LogP contribution is -2.26. The first-order valence-electron chi connectivity index (χ1n) is 9.98. The Hall–Kier alpha value is -1.73. The van der Waals surface area contributed by atoms with Crippen molar-refractivity contribution in [3.05, 3.63) is 48.6 Å². The molecular weight excluding hydrogens is 360 g/mol. The van der Waals surface area contributed by atoms with E-state index in [1.165, 1.54) is 0 Å². The van der Waals surface area contributed by atoms with Crippen LogP contribution in [0.4, 0.5) is 0 Å². The number of allylic oxidation sites excluding steroid dienone is 5. The molecule has 1 aliphatic rings. The highest BCUT2D eigenvalue weighted by molar-refractivity contribution is 5.66. The summed E-state index contributed by atoms with van der Waals surface area (Å²) in [5.41, 5.74) is 0. The Morgan fingerprint density at radius 1 is 1.11 bits per heavy atom. The quantitative estimate of drug-likeness (QED) is 0.358. The zero-order chi connectivity index (χ0) is 20.8. The van der Waals surface area contributed by atoms with Crippen LogP contribution in [0.2, 0.25) is 0 Å². The lowest BCUT2D eigenvalue weighted by atomic mass is 10.0. The Morgan fingerprint density at radius 2 is 1.75 bits per heavy atom. The van der Waals surface area contributed by atoms with Gasteiger partial charge in [-0.2, -0.15) is 0 Å². The molecular formula is C22H34O6. The molecule has 0 spiro atoms. The highest BCUT2D eigenvalue weighted by atomic mass is 16.5. The van der Waals surface area contributed by atoms with Crippen LogP contribution >= 0.6 is 0 Å². The average Bonchev–Trinajstić information content (AvgIpc) is 3.04. The summed E-state index contributed by atoms with van der Waals surface area (Å²) < 4.78 is 5.59. The summed E-state index contributed by atoms with van der Waals surface area (Å²) in [6.07, 6.45) is 15.4. The summed E-state index contributed by atoms with van der Waals surface area (Å²) in [7, 11) is 0. The van der Waals surface area contributed by atoms with Crippen LogP contribution in [0.1, 0.15) is 51.9 Å². The molecule has 4 N–H and O–H groups in total. The molecule has 0 unspecified atom stereocenters. The number of hydrogen-bond acceptors (Lipinski definition) is 5. The number of aliphatic carboxylic acids is 1. The predicted molar refractivity (Wildman–Crippen MR) is 109 cm³/mol. The molecule has 0 aliphatic carbocycles. The molecule has 1 heterocycles. The van der Waals surface area contributed by atoms with Crippen LogP contribution in [-0.2, 0) is 9.53 Å². The SMILES string of the molecule is CC/C=C\C/C=C\C/C=C\C[C@@H](O)/C=C/[C@H]1O[C@H]([C@H](O)CCC(=O)O)C[C@H]1O. The number of carboxylic acid groups (broad SMARTS) is 1. The fourth-order valence-corrected chi connectivity index (χ4v) is 2.86. The third kappa shape index (κ3) is 10.6. The Morgan fingerprint density at radius 3 is 2.39 bits per heavy atom. The Bertz CT molecular complexity index is 551. The first kappa shape index (κ1) is 24.3. The van der Waals surface area contributed by atoms with Crippen LogP contribution in [0.5, 0.6) is 0 Å². The smallest absolute Gasteiger partial charge is 0.303 e. The van der Waals surface area contributed by atoms with Crippen molar-refractivity contribution < 1.29 is 30.0 Å². The van der Waals surface area contributed by atoms with Gasteiger partial charge in [0.25, 0.3) is 0 Å². The van der Waals surface area contributed by atoms with Crippen molar-refractivity contribution in [3.63, 3.8) is 0 Å². The number of aliphatic hydroxyl groups is 3. The maximum atomic E-state index is 10.6. The summed E-state index contributed by atoms with van der Waals surface area (Å²) in [6, 6.07) is 0. The molecule has 5 atom stereocenters. The van der Waals surface area contributed by atoms with Gasteiger partial charge in [-0.1, -0.05) is 55.5 Å². The van der Waals surface area contributed by atoms with Crippen molar-refractivity contribution in [3.8, 4) is 0 Å².